The van der Waals surface area contributed by atoms with E-state index in [2.05, 4.69) is 26.2 Å². The molecule has 0 fully saturated rings. The molecule has 2 aromatic carbocycles. The van der Waals surface area contributed by atoms with Crippen molar-refractivity contribution in [1.82, 2.24) is 25.5 Å². The van der Waals surface area contributed by atoms with Crippen molar-refractivity contribution in [3.8, 4) is 5.69 Å². The van der Waals surface area contributed by atoms with Crippen molar-refractivity contribution in [3.05, 3.63) is 66.2 Å². The first-order valence-electron chi connectivity index (χ1n) is 7.79. The molecule has 0 saturated heterocycles. The molecular formula is C17H15FN6O2. The van der Waals surface area contributed by atoms with Crippen LogP contribution in [0.5, 0.6) is 0 Å². The summed E-state index contributed by atoms with van der Waals surface area (Å²) in [5, 5.41) is 16.3. The minimum Gasteiger partial charge on any atom is -0.352 e. The zero-order chi connectivity index (χ0) is 18.4. The molecule has 0 atom stereocenters. The van der Waals surface area contributed by atoms with Gasteiger partial charge in [0, 0.05) is 24.2 Å². The van der Waals surface area contributed by atoms with Crippen molar-refractivity contribution in [3.63, 3.8) is 0 Å². The highest BCUT2D eigenvalue weighted by Gasteiger charge is 2.08. The van der Waals surface area contributed by atoms with Crippen LogP contribution in [0.25, 0.3) is 5.69 Å². The lowest BCUT2D eigenvalue weighted by molar-refractivity contribution is -0.116. The van der Waals surface area contributed by atoms with Crippen LogP contribution in [0.1, 0.15) is 16.8 Å². The van der Waals surface area contributed by atoms with Crippen molar-refractivity contribution in [2.45, 2.75) is 6.42 Å². The van der Waals surface area contributed by atoms with E-state index in [9.17, 15) is 14.0 Å². The summed E-state index contributed by atoms with van der Waals surface area (Å²) >= 11 is 0. The maximum Gasteiger partial charge on any atom is 0.251 e. The van der Waals surface area contributed by atoms with E-state index in [4.69, 9.17) is 0 Å². The standard InChI is InChI=1S/C17H15FN6O2/c18-13-6-4-12(5-7-13)17(26)19-9-8-16(25)21-14-2-1-3-15(10-14)24-11-20-22-23-24/h1-7,10-11H,8-9H2,(H,19,26)(H,21,25). The molecule has 0 bridgehead atoms. The van der Waals surface area contributed by atoms with Crippen molar-refractivity contribution in [2.24, 2.45) is 0 Å². The van der Waals surface area contributed by atoms with Gasteiger partial charge in [-0.15, -0.1) is 5.10 Å². The van der Waals surface area contributed by atoms with Gasteiger partial charge in [0.1, 0.15) is 12.1 Å². The molecule has 0 aliphatic rings. The lowest BCUT2D eigenvalue weighted by Crippen LogP contribution is -2.27. The molecule has 0 radical (unpaired) electrons. The SMILES string of the molecule is O=C(CCNC(=O)c1ccc(F)cc1)Nc1cccc(-n2cnnn2)c1. The van der Waals surface area contributed by atoms with Crippen LogP contribution < -0.4 is 10.6 Å². The summed E-state index contributed by atoms with van der Waals surface area (Å²) in [4.78, 5) is 23.9. The van der Waals surface area contributed by atoms with E-state index in [1.54, 1.807) is 24.3 Å². The van der Waals surface area contributed by atoms with Crippen LogP contribution in [0.3, 0.4) is 0 Å². The van der Waals surface area contributed by atoms with Gasteiger partial charge in [-0.05, 0) is 52.9 Å². The van der Waals surface area contributed by atoms with Gasteiger partial charge in [0.15, 0.2) is 0 Å². The van der Waals surface area contributed by atoms with Crippen LogP contribution in [-0.4, -0.2) is 38.6 Å². The number of tetrazole rings is 1. The number of anilines is 1. The van der Waals surface area contributed by atoms with Gasteiger partial charge < -0.3 is 10.6 Å². The van der Waals surface area contributed by atoms with Gasteiger partial charge in [-0.3, -0.25) is 9.59 Å². The maximum absolute atomic E-state index is 12.8. The summed E-state index contributed by atoms with van der Waals surface area (Å²) in [7, 11) is 0. The zero-order valence-corrected chi connectivity index (χ0v) is 13.6. The van der Waals surface area contributed by atoms with Crippen LogP contribution in [-0.2, 0) is 4.79 Å². The second kappa shape index (κ2) is 7.97. The van der Waals surface area contributed by atoms with E-state index in [0.29, 0.717) is 16.9 Å². The Kier molecular flexibility index (Phi) is 5.28. The smallest absolute Gasteiger partial charge is 0.251 e. The molecule has 3 rings (SSSR count). The van der Waals surface area contributed by atoms with Gasteiger partial charge >= 0.3 is 0 Å². The topological polar surface area (TPSA) is 102 Å². The summed E-state index contributed by atoms with van der Waals surface area (Å²) in [6, 6.07) is 12.2. The van der Waals surface area contributed by atoms with Gasteiger partial charge in [0.2, 0.25) is 5.91 Å². The highest BCUT2D eigenvalue weighted by molar-refractivity contribution is 5.95. The Balaban J connectivity index is 1.49. The van der Waals surface area contributed by atoms with Gasteiger partial charge in [-0.1, -0.05) is 6.07 Å². The number of aromatic nitrogens is 4. The van der Waals surface area contributed by atoms with Gasteiger partial charge in [0.05, 0.1) is 5.69 Å². The first-order chi connectivity index (χ1) is 12.6. The molecule has 0 spiro atoms. The first kappa shape index (κ1) is 17.2. The van der Waals surface area contributed by atoms with Crippen LogP contribution >= 0.6 is 0 Å². The van der Waals surface area contributed by atoms with Gasteiger partial charge in [-0.2, -0.15) is 0 Å². The summed E-state index contributed by atoms with van der Waals surface area (Å²) in [6.07, 6.45) is 1.55. The Morgan fingerprint density at radius 3 is 2.65 bits per heavy atom. The average Bonchev–Trinajstić information content (AvgIpc) is 3.17. The first-order valence-corrected chi connectivity index (χ1v) is 7.79. The predicted molar refractivity (Wildman–Crippen MR) is 91.1 cm³/mol. The average molecular weight is 354 g/mol. The number of carbonyl (C=O) groups is 2. The van der Waals surface area contributed by atoms with Crippen LogP contribution in [0.15, 0.2) is 54.9 Å². The Bertz CT molecular complexity index is 896. The van der Waals surface area contributed by atoms with E-state index in [-0.39, 0.29) is 24.8 Å². The number of carbonyl (C=O) groups excluding carboxylic acids is 2. The molecule has 0 aliphatic heterocycles. The molecule has 1 heterocycles. The Labute approximate surface area is 148 Å². The van der Waals surface area contributed by atoms with Gasteiger partial charge in [-0.25, -0.2) is 9.07 Å². The zero-order valence-electron chi connectivity index (χ0n) is 13.6. The number of hydrogen-bond acceptors (Lipinski definition) is 5. The fourth-order valence-electron chi connectivity index (χ4n) is 2.22. The molecule has 9 heteroatoms. The number of benzene rings is 2. The van der Waals surface area contributed by atoms with E-state index in [1.165, 1.54) is 35.3 Å². The molecule has 2 amide bonds. The minimum atomic E-state index is -0.412. The van der Waals surface area contributed by atoms with Crippen molar-refractivity contribution in [2.75, 3.05) is 11.9 Å². The Morgan fingerprint density at radius 2 is 1.92 bits per heavy atom. The van der Waals surface area contributed by atoms with Crippen molar-refractivity contribution >= 4 is 17.5 Å². The predicted octanol–water partition coefficient (Wildman–Crippen LogP) is 1.56. The van der Waals surface area contributed by atoms with Crippen LogP contribution in [0, 0.1) is 5.82 Å². The van der Waals surface area contributed by atoms with E-state index < -0.39 is 5.82 Å². The van der Waals surface area contributed by atoms with Crippen molar-refractivity contribution in [1.29, 1.82) is 0 Å². The summed E-state index contributed by atoms with van der Waals surface area (Å²) < 4.78 is 14.3. The van der Waals surface area contributed by atoms with E-state index >= 15 is 0 Å². The second-order valence-electron chi connectivity index (χ2n) is 5.37. The monoisotopic (exact) mass is 354 g/mol. The molecule has 0 aliphatic carbocycles. The Hall–Kier alpha value is -3.62. The quantitative estimate of drug-likeness (QED) is 0.699. The summed E-state index contributed by atoms with van der Waals surface area (Å²) in [6.45, 7) is 0.161. The molecular weight excluding hydrogens is 339 g/mol. The van der Waals surface area contributed by atoms with Crippen molar-refractivity contribution < 1.29 is 14.0 Å². The number of halogens is 1. The Morgan fingerprint density at radius 1 is 1.12 bits per heavy atom. The summed E-state index contributed by atoms with van der Waals surface area (Å²) in [5.74, 6) is -1.03. The number of rotatable bonds is 6. The molecule has 0 saturated carbocycles. The fraction of sp³-hybridized carbons (Fsp3) is 0.118. The summed E-state index contributed by atoms with van der Waals surface area (Å²) in [5.41, 5.74) is 1.63. The normalized spacial score (nSPS) is 10.3. The molecule has 132 valence electrons. The van der Waals surface area contributed by atoms with E-state index in [1.807, 2.05) is 0 Å². The lowest BCUT2D eigenvalue weighted by atomic mass is 10.2. The van der Waals surface area contributed by atoms with Gasteiger partial charge in [0.25, 0.3) is 5.91 Å². The third kappa shape index (κ3) is 4.47. The molecule has 3 aromatic rings. The minimum absolute atomic E-state index is 0.0992. The molecule has 1 aromatic heterocycles. The van der Waals surface area contributed by atoms with E-state index in [0.717, 1.165) is 0 Å². The molecule has 2 N–H and O–H groups in total. The third-order valence-electron chi connectivity index (χ3n) is 3.49. The number of nitrogens with one attached hydrogen (secondary N) is 2. The molecule has 8 nitrogen and oxygen atoms in total. The molecule has 0 unspecified atom stereocenters. The van der Waals surface area contributed by atoms with Crippen LogP contribution in [0.2, 0.25) is 0 Å². The number of nitrogens with zero attached hydrogens (tertiary/aromatic N) is 4. The number of hydrogen-bond donors (Lipinski definition) is 2. The van der Waals surface area contributed by atoms with Crippen LogP contribution in [0.4, 0.5) is 10.1 Å². The fourth-order valence-corrected chi connectivity index (χ4v) is 2.22. The third-order valence-corrected chi connectivity index (χ3v) is 3.49. The highest BCUT2D eigenvalue weighted by atomic mass is 19.1. The molecule has 26 heavy (non-hydrogen) atoms. The number of amides is 2. The largest absolute Gasteiger partial charge is 0.352 e. The maximum atomic E-state index is 12.8. The second-order valence-corrected chi connectivity index (χ2v) is 5.37. The highest BCUT2D eigenvalue weighted by Crippen LogP contribution is 2.13. The lowest BCUT2D eigenvalue weighted by Gasteiger charge is -2.08.